The fraction of sp³-hybridized carbons (Fsp3) is 0.0435. The number of benzene rings is 3. The Morgan fingerprint density at radius 2 is 1.69 bits per heavy atom. The van der Waals surface area contributed by atoms with Gasteiger partial charge in [0.1, 0.15) is 0 Å². The van der Waals surface area contributed by atoms with E-state index in [4.69, 9.17) is 11.6 Å². The van der Waals surface area contributed by atoms with E-state index in [2.05, 4.69) is 43.1 Å². The topological polar surface area (TPSA) is 107 Å². The summed E-state index contributed by atoms with van der Waals surface area (Å²) in [5, 5.41) is 21.8. The van der Waals surface area contributed by atoms with Crippen LogP contribution in [0.1, 0.15) is 26.3 Å². The van der Waals surface area contributed by atoms with Crippen LogP contribution in [0.15, 0.2) is 77.0 Å². The fourth-order valence-corrected chi connectivity index (χ4v) is 3.66. The summed E-state index contributed by atoms with van der Waals surface area (Å²) >= 11 is 7.99. The molecule has 3 aromatic carbocycles. The normalized spacial score (nSPS) is 11.2. The van der Waals surface area contributed by atoms with Gasteiger partial charge in [0.2, 0.25) is 5.88 Å². The Kier molecular flexibility index (Phi) is 6.52. The van der Waals surface area contributed by atoms with E-state index in [1.165, 1.54) is 0 Å². The summed E-state index contributed by atoms with van der Waals surface area (Å²) in [7, 11) is 0. The summed E-state index contributed by atoms with van der Waals surface area (Å²) in [6.45, 7) is 0.305. The number of hydrogen-bond acceptors (Lipinski definition) is 4. The van der Waals surface area contributed by atoms with Gasteiger partial charge in [0, 0.05) is 31.7 Å². The average Bonchev–Trinajstić information content (AvgIpc) is 3.10. The molecule has 0 aliphatic carbocycles. The van der Waals surface area contributed by atoms with Crippen molar-refractivity contribution in [1.82, 2.24) is 10.3 Å². The average molecular weight is 559 g/mol. The molecule has 3 N–H and O–H groups in total. The number of carbonyl (C=O) groups excluding carboxylic acids is 2. The molecule has 4 aromatic rings. The van der Waals surface area contributed by atoms with Gasteiger partial charge in [-0.25, -0.2) is 0 Å². The molecule has 0 bridgehead atoms. The number of nitrogens with zero attached hydrogens (tertiary/aromatic N) is 2. The van der Waals surface area contributed by atoms with Crippen molar-refractivity contribution in [2.75, 3.05) is 0 Å². The van der Waals surface area contributed by atoms with Crippen LogP contribution in [0.5, 0.6) is 5.88 Å². The van der Waals surface area contributed by atoms with Crippen molar-refractivity contribution in [2.45, 2.75) is 6.54 Å². The van der Waals surface area contributed by atoms with E-state index in [9.17, 15) is 14.7 Å². The maximum Gasteiger partial charge on any atom is 0.295 e. The van der Waals surface area contributed by atoms with Crippen molar-refractivity contribution in [3.05, 3.63) is 92.0 Å². The van der Waals surface area contributed by atoms with Crippen LogP contribution in [-0.4, -0.2) is 21.9 Å². The highest BCUT2D eigenvalue weighted by molar-refractivity contribution is 14.1. The molecular formula is C23H16ClIN4O3. The predicted octanol–water partition coefficient (Wildman–Crippen LogP) is 5.99. The number of nitrogens with one attached hydrogen (secondary N) is 2. The lowest BCUT2D eigenvalue weighted by Gasteiger charge is -2.06. The van der Waals surface area contributed by atoms with E-state index in [0.717, 1.165) is 9.13 Å². The Balaban J connectivity index is 1.41. The number of H-pyrrole nitrogens is 1. The zero-order chi connectivity index (χ0) is 22.7. The third kappa shape index (κ3) is 4.97. The molecule has 1 heterocycles. The first kappa shape index (κ1) is 22.0. The molecule has 0 aliphatic heterocycles. The fourth-order valence-electron chi connectivity index (χ4n) is 3.04. The van der Waals surface area contributed by atoms with Crippen LogP contribution >= 0.6 is 34.2 Å². The molecule has 0 aliphatic rings. The second-order valence-electron chi connectivity index (χ2n) is 6.90. The third-order valence-corrected chi connectivity index (χ3v) is 5.64. The highest BCUT2D eigenvalue weighted by Gasteiger charge is 2.12. The van der Waals surface area contributed by atoms with Crippen LogP contribution in [0.3, 0.4) is 0 Å². The van der Waals surface area contributed by atoms with Gasteiger partial charge in [-0.3, -0.25) is 9.59 Å². The summed E-state index contributed by atoms with van der Waals surface area (Å²) in [5.74, 6) is -0.907. The lowest BCUT2D eigenvalue weighted by atomic mass is 10.1. The minimum absolute atomic E-state index is 0.148. The van der Waals surface area contributed by atoms with E-state index in [1.54, 1.807) is 48.5 Å². The molecule has 32 heavy (non-hydrogen) atoms. The smallest absolute Gasteiger partial charge is 0.295 e. The van der Waals surface area contributed by atoms with Crippen LogP contribution in [0.2, 0.25) is 5.02 Å². The number of amides is 2. The first-order chi connectivity index (χ1) is 15.4. The minimum Gasteiger partial charge on any atom is -0.493 e. The minimum atomic E-state index is -0.541. The standard InChI is InChI=1S/C23H16ClIN4O3/c24-16-7-5-14(6-8-16)21(30)26-12-13-1-3-15(4-2-13)22(31)29-28-20-18-11-17(25)9-10-19(18)27-23(20)32/h1-11,27,32H,12H2,(H,26,30). The van der Waals surface area contributed by atoms with Crippen LogP contribution < -0.4 is 5.32 Å². The number of rotatable bonds is 5. The van der Waals surface area contributed by atoms with Gasteiger partial charge in [-0.2, -0.15) is 0 Å². The molecule has 4 rings (SSSR count). The Bertz CT molecular complexity index is 1330. The third-order valence-electron chi connectivity index (χ3n) is 4.72. The summed E-state index contributed by atoms with van der Waals surface area (Å²) in [6, 6.07) is 18.9. The number of hydrogen-bond donors (Lipinski definition) is 3. The van der Waals surface area contributed by atoms with Gasteiger partial charge in [-0.15, -0.1) is 10.2 Å². The van der Waals surface area contributed by atoms with Gasteiger partial charge >= 0.3 is 0 Å². The highest BCUT2D eigenvalue weighted by Crippen LogP contribution is 2.36. The van der Waals surface area contributed by atoms with E-state index in [1.807, 2.05) is 18.2 Å². The number of aromatic hydroxyl groups is 1. The monoisotopic (exact) mass is 558 g/mol. The second kappa shape index (κ2) is 9.49. The van der Waals surface area contributed by atoms with Crippen molar-refractivity contribution < 1.29 is 14.7 Å². The first-order valence-corrected chi connectivity index (χ1v) is 11.0. The number of aromatic amines is 1. The quantitative estimate of drug-likeness (QED) is 0.207. The Hall–Kier alpha value is -3.24. The molecule has 1 aromatic heterocycles. The molecule has 0 fully saturated rings. The first-order valence-electron chi connectivity index (χ1n) is 9.49. The van der Waals surface area contributed by atoms with Gasteiger partial charge < -0.3 is 15.4 Å². The maximum atomic E-state index is 12.4. The van der Waals surface area contributed by atoms with Gasteiger partial charge in [0.05, 0.1) is 5.52 Å². The molecule has 0 saturated carbocycles. The molecular weight excluding hydrogens is 543 g/mol. The van der Waals surface area contributed by atoms with Gasteiger partial charge in [0.25, 0.3) is 11.8 Å². The molecule has 0 spiro atoms. The molecule has 7 nitrogen and oxygen atoms in total. The van der Waals surface area contributed by atoms with Crippen molar-refractivity contribution in [3.63, 3.8) is 0 Å². The molecule has 0 saturated heterocycles. The SMILES string of the molecule is O=C(N=Nc1c(O)[nH]c2ccc(I)cc12)c1ccc(CNC(=O)c2ccc(Cl)cc2)cc1. The maximum absolute atomic E-state index is 12.4. The predicted molar refractivity (Wildman–Crippen MR) is 131 cm³/mol. The summed E-state index contributed by atoms with van der Waals surface area (Å²) in [4.78, 5) is 27.4. The zero-order valence-corrected chi connectivity index (χ0v) is 19.4. The summed E-state index contributed by atoms with van der Waals surface area (Å²) in [6.07, 6.45) is 0. The summed E-state index contributed by atoms with van der Waals surface area (Å²) in [5.41, 5.74) is 2.60. The molecule has 0 radical (unpaired) electrons. The Labute approximate surface area is 201 Å². The van der Waals surface area contributed by atoms with E-state index >= 15 is 0 Å². The van der Waals surface area contributed by atoms with Crippen molar-refractivity contribution >= 4 is 62.6 Å². The lowest BCUT2D eigenvalue weighted by Crippen LogP contribution is -2.22. The Morgan fingerprint density at radius 1 is 1.00 bits per heavy atom. The molecule has 2 amide bonds. The van der Waals surface area contributed by atoms with Crippen molar-refractivity contribution in [3.8, 4) is 5.88 Å². The lowest BCUT2D eigenvalue weighted by molar-refractivity contribution is 0.0949. The van der Waals surface area contributed by atoms with Crippen molar-refractivity contribution in [1.29, 1.82) is 0 Å². The number of aromatic nitrogens is 1. The molecule has 160 valence electrons. The summed E-state index contributed by atoms with van der Waals surface area (Å²) < 4.78 is 0.968. The van der Waals surface area contributed by atoms with Crippen LogP contribution in [-0.2, 0) is 6.54 Å². The second-order valence-corrected chi connectivity index (χ2v) is 8.59. The van der Waals surface area contributed by atoms with E-state index in [-0.39, 0.29) is 17.5 Å². The largest absolute Gasteiger partial charge is 0.493 e. The van der Waals surface area contributed by atoms with Crippen LogP contribution in [0, 0.1) is 3.57 Å². The number of halogens is 2. The molecule has 0 atom stereocenters. The van der Waals surface area contributed by atoms with Gasteiger partial charge in [0.15, 0.2) is 5.69 Å². The van der Waals surface area contributed by atoms with Gasteiger partial charge in [-0.05, 0) is 82.8 Å². The van der Waals surface area contributed by atoms with Crippen LogP contribution in [0.4, 0.5) is 5.69 Å². The zero-order valence-electron chi connectivity index (χ0n) is 16.5. The van der Waals surface area contributed by atoms with E-state index < -0.39 is 5.91 Å². The van der Waals surface area contributed by atoms with Gasteiger partial charge in [-0.1, -0.05) is 23.7 Å². The molecule has 0 unspecified atom stereocenters. The van der Waals surface area contributed by atoms with Crippen molar-refractivity contribution in [2.24, 2.45) is 10.2 Å². The highest BCUT2D eigenvalue weighted by atomic mass is 127. The molecule has 9 heteroatoms. The number of fused-ring (bicyclic) bond motifs is 1. The van der Waals surface area contributed by atoms with Crippen LogP contribution in [0.25, 0.3) is 10.9 Å². The van der Waals surface area contributed by atoms with E-state index in [0.29, 0.717) is 33.6 Å². The number of carbonyl (C=O) groups is 2. The Morgan fingerprint density at radius 3 is 2.41 bits per heavy atom. The number of azo groups is 1.